The molecule has 0 amide bonds. The lowest BCUT2D eigenvalue weighted by atomic mass is 9.87. The van der Waals surface area contributed by atoms with E-state index >= 15 is 0 Å². The first kappa shape index (κ1) is 16.9. The van der Waals surface area contributed by atoms with Crippen LogP contribution in [0.1, 0.15) is 60.3 Å². The second kappa shape index (κ2) is 7.61. The van der Waals surface area contributed by atoms with Crippen LogP contribution in [0.3, 0.4) is 0 Å². The van der Waals surface area contributed by atoms with Crippen LogP contribution in [0.2, 0.25) is 0 Å². The quantitative estimate of drug-likeness (QED) is 0.713. The van der Waals surface area contributed by atoms with E-state index in [4.69, 9.17) is 4.74 Å². The van der Waals surface area contributed by atoms with E-state index in [0.717, 1.165) is 6.42 Å². The van der Waals surface area contributed by atoms with E-state index in [0.29, 0.717) is 30.5 Å². The van der Waals surface area contributed by atoms with Gasteiger partial charge in [0.1, 0.15) is 0 Å². The molecule has 3 heteroatoms. The van der Waals surface area contributed by atoms with Crippen LogP contribution >= 0.6 is 0 Å². The highest BCUT2D eigenvalue weighted by molar-refractivity contribution is 4.90. The minimum atomic E-state index is -0.397. The number of hydrogen-bond donors (Lipinski definition) is 2. The number of rotatable bonds is 8. The summed E-state index contributed by atoms with van der Waals surface area (Å²) in [5, 5.41) is 13.5. The summed E-state index contributed by atoms with van der Waals surface area (Å²) in [7, 11) is 0. The van der Waals surface area contributed by atoms with Crippen molar-refractivity contribution in [1.82, 2.24) is 5.32 Å². The highest BCUT2D eigenvalue weighted by Crippen LogP contribution is 2.37. The predicted octanol–water partition coefficient (Wildman–Crippen LogP) is 2.97. The maximum atomic E-state index is 9.98. The number of hydrogen-bond acceptors (Lipinski definition) is 3. The second-order valence-electron chi connectivity index (χ2n) is 7.27. The molecule has 3 unspecified atom stereocenters. The Morgan fingerprint density at radius 1 is 1.32 bits per heavy atom. The summed E-state index contributed by atoms with van der Waals surface area (Å²) in [6.45, 7) is 12.2. The van der Waals surface area contributed by atoms with Crippen molar-refractivity contribution < 1.29 is 9.84 Å². The molecule has 1 aliphatic carbocycles. The van der Waals surface area contributed by atoms with Crippen LogP contribution in [-0.2, 0) is 4.74 Å². The predicted molar refractivity (Wildman–Crippen MR) is 80.3 cm³/mol. The Balaban J connectivity index is 2.16. The SMILES string of the molecule is CC(C)CC(C)OCC(O)CNC1CCCC1(C)C. The van der Waals surface area contributed by atoms with Gasteiger partial charge in [-0.05, 0) is 37.5 Å². The highest BCUT2D eigenvalue weighted by Gasteiger charge is 2.34. The van der Waals surface area contributed by atoms with Crippen LogP contribution < -0.4 is 5.32 Å². The van der Waals surface area contributed by atoms with E-state index in [1.165, 1.54) is 19.3 Å². The average Bonchev–Trinajstić information content (AvgIpc) is 2.62. The number of nitrogens with one attached hydrogen (secondary N) is 1. The topological polar surface area (TPSA) is 41.5 Å². The molecule has 2 N–H and O–H groups in total. The molecule has 0 spiro atoms. The van der Waals surface area contributed by atoms with Crippen LogP contribution in [0.5, 0.6) is 0 Å². The molecule has 1 rings (SSSR count). The van der Waals surface area contributed by atoms with Gasteiger partial charge < -0.3 is 15.2 Å². The maximum Gasteiger partial charge on any atom is 0.0897 e. The third-order valence-electron chi connectivity index (χ3n) is 4.23. The van der Waals surface area contributed by atoms with E-state index in [-0.39, 0.29) is 6.10 Å². The summed E-state index contributed by atoms with van der Waals surface area (Å²) in [6.07, 6.45) is 4.69. The van der Waals surface area contributed by atoms with Gasteiger partial charge in [-0.2, -0.15) is 0 Å². The Morgan fingerprint density at radius 3 is 2.53 bits per heavy atom. The first-order valence-electron chi connectivity index (χ1n) is 7.84. The molecule has 3 nitrogen and oxygen atoms in total. The Labute approximate surface area is 119 Å². The molecule has 3 atom stereocenters. The molecule has 0 radical (unpaired) electrons. The zero-order valence-corrected chi connectivity index (χ0v) is 13.4. The molecule has 19 heavy (non-hydrogen) atoms. The van der Waals surface area contributed by atoms with Crippen molar-refractivity contribution in [1.29, 1.82) is 0 Å². The summed E-state index contributed by atoms with van der Waals surface area (Å²) in [4.78, 5) is 0. The van der Waals surface area contributed by atoms with Crippen molar-refractivity contribution in [3.8, 4) is 0 Å². The average molecular weight is 271 g/mol. The lowest BCUT2D eigenvalue weighted by molar-refractivity contribution is -0.0102. The summed E-state index contributed by atoms with van der Waals surface area (Å²) in [5.41, 5.74) is 0.367. The molecule has 1 saturated carbocycles. The van der Waals surface area contributed by atoms with Crippen LogP contribution in [0.25, 0.3) is 0 Å². The van der Waals surface area contributed by atoms with Gasteiger partial charge in [-0.25, -0.2) is 0 Å². The lowest BCUT2D eigenvalue weighted by Crippen LogP contribution is -2.42. The highest BCUT2D eigenvalue weighted by atomic mass is 16.5. The van der Waals surface area contributed by atoms with Gasteiger partial charge in [-0.15, -0.1) is 0 Å². The van der Waals surface area contributed by atoms with E-state index in [2.05, 4.69) is 39.9 Å². The number of aliphatic hydroxyl groups is 1. The normalized spacial score (nSPS) is 25.7. The minimum absolute atomic E-state index is 0.234. The van der Waals surface area contributed by atoms with Gasteiger partial charge in [0.15, 0.2) is 0 Å². The molecule has 0 saturated heterocycles. The van der Waals surface area contributed by atoms with Gasteiger partial charge in [0, 0.05) is 12.6 Å². The summed E-state index contributed by atoms with van der Waals surface area (Å²) < 4.78 is 5.69. The molecule has 0 aromatic carbocycles. The Bertz CT molecular complexity index is 253. The van der Waals surface area contributed by atoms with Crippen molar-refractivity contribution >= 4 is 0 Å². The Hall–Kier alpha value is -0.120. The van der Waals surface area contributed by atoms with Crippen molar-refractivity contribution in [2.24, 2.45) is 11.3 Å². The van der Waals surface area contributed by atoms with Crippen molar-refractivity contribution in [3.05, 3.63) is 0 Å². The zero-order valence-electron chi connectivity index (χ0n) is 13.4. The van der Waals surface area contributed by atoms with Crippen LogP contribution in [0.15, 0.2) is 0 Å². The van der Waals surface area contributed by atoms with E-state index < -0.39 is 6.10 Å². The van der Waals surface area contributed by atoms with Crippen molar-refractivity contribution in [2.45, 2.75) is 78.6 Å². The van der Waals surface area contributed by atoms with E-state index in [1.54, 1.807) is 0 Å². The third-order valence-corrected chi connectivity index (χ3v) is 4.23. The van der Waals surface area contributed by atoms with Crippen molar-refractivity contribution in [3.63, 3.8) is 0 Å². The van der Waals surface area contributed by atoms with Crippen LogP contribution in [0, 0.1) is 11.3 Å². The Morgan fingerprint density at radius 2 is 2.00 bits per heavy atom. The molecule has 0 aromatic rings. The molecule has 1 fully saturated rings. The lowest BCUT2D eigenvalue weighted by Gasteiger charge is -2.29. The van der Waals surface area contributed by atoms with E-state index in [9.17, 15) is 5.11 Å². The fraction of sp³-hybridized carbons (Fsp3) is 1.00. The van der Waals surface area contributed by atoms with Gasteiger partial charge >= 0.3 is 0 Å². The molecular weight excluding hydrogens is 238 g/mol. The maximum absolute atomic E-state index is 9.98. The summed E-state index contributed by atoms with van der Waals surface area (Å²) in [5.74, 6) is 0.643. The Kier molecular flexibility index (Phi) is 6.78. The number of ether oxygens (including phenoxy) is 1. The van der Waals surface area contributed by atoms with Gasteiger partial charge in [-0.1, -0.05) is 34.1 Å². The van der Waals surface area contributed by atoms with Gasteiger partial charge in [-0.3, -0.25) is 0 Å². The fourth-order valence-corrected chi connectivity index (χ4v) is 3.05. The molecule has 1 aliphatic rings. The molecular formula is C16H33NO2. The molecule has 114 valence electrons. The minimum Gasteiger partial charge on any atom is -0.389 e. The van der Waals surface area contributed by atoms with Crippen LogP contribution in [0.4, 0.5) is 0 Å². The standard InChI is InChI=1S/C16H33NO2/c1-12(2)9-13(3)19-11-14(18)10-17-15-7-6-8-16(15,4)5/h12-15,17-18H,6-11H2,1-5H3. The molecule has 0 aromatic heterocycles. The van der Waals surface area contributed by atoms with Gasteiger partial charge in [0.25, 0.3) is 0 Å². The van der Waals surface area contributed by atoms with Crippen molar-refractivity contribution in [2.75, 3.05) is 13.2 Å². The summed E-state index contributed by atoms with van der Waals surface area (Å²) in [6, 6.07) is 0.537. The van der Waals surface area contributed by atoms with Gasteiger partial charge in [0.2, 0.25) is 0 Å². The molecule has 0 bridgehead atoms. The zero-order chi connectivity index (χ0) is 14.5. The third kappa shape index (κ3) is 6.24. The molecule has 0 heterocycles. The van der Waals surface area contributed by atoms with E-state index in [1.807, 2.05) is 0 Å². The largest absolute Gasteiger partial charge is 0.389 e. The fourth-order valence-electron chi connectivity index (χ4n) is 3.05. The first-order valence-corrected chi connectivity index (χ1v) is 7.84. The summed E-state index contributed by atoms with van der Waals surface area (Å²) >= 11 is 0. The van der Waals surface area contributed by atoms with Gasteiger partial charge in [0.05, 0.1) is 18.8 Å². The monoisotopic (exact) mass is 271 g/mol. The second-order valence-corrected chi connectivity index (χ2v) is 7.27. The number of aliphatic hydroxyl groups excluding tert-OH is 1. The first-order chi connectivity index (χ1) is 8.81. The van der Waals surface area contributed by atoms with Crippen LogP contribution in [-0.4, -0.2) is 36.5 Å². The smallest absolute Gasteiger partial charge is 0.0897 e. The molecule has 0 aliphatic heterocycles.